The second-order valence-corrected chi connectivity index (χ2v) is 4.78. The molecular weight excluding hydrogens is 219 g/mol. The predicted octanol–water partition coefficient (Wildman–Crippen LogP) is 1.47. The molecule has 0 radical (unpaired) electrons. The van der Waals surface area contributed by atoms with Crippen molar-refractivity contribution in [1.29, 1.82) is 0 Å². The van der Waals surface area contributed by atoms with Crippen LogP contribution in [0.5, 0.6) is 0 Å². The van der Waals surface area contributed by atoms with Crippen LogP contribution < -0.4 is 0 Å². The smallest absolute Gasteiger partial charge is 0.332 e. The number of epoxide rings is 2. The van der Waals surface area contributed by atoms with Crippen molar-refractivity contribution in [2.75, 3.05) is 33.0 Å². The van der Waals surface area contributed by atoms with Gasteiger partial charge in [-0.1, -0.05) is 6.92 Å². The minimum Gasteiger partial charge on any atom is -0.371 e. The van der Waals surface area contributed by atoms with Crippen LogP contribution in [-0.2, 0) is 23.0 Å². The molecule has 0 N–H and O–H groups in total. The van der Waals surface area contributed by atoms with Gasteiger partial charge < -0.3 is 23.0 Å². The van der Waals surface area contributed by atoms with Gasteiger partial charge in [-0.25, -0.2) is 0 Å². The molecular formula is C9H17O5P. The number of ether oxygens (including phenoxy) is 2. The van der Waals surface area contributed by atoms with Gasteiger partial charge in [-0.15, -0.1) is 0 Å². The average Bonchev–Trinajstić information content (AvgIpc) is 3.11. The van der Waals surface area contributed by atoms with Crippen molar-refractivity contribution in [3.63, 3.8) is 0 Å². The van der Waals surface area contributed by atoms with E-state index in [0.29, 0.717) is 19.8 Å². The van der Waals surface area contributed by atoms with Gasteiger partial charge in [-0.3, -0.25) is 0 Å². The Hall–Kier alpha value is 0.230. The monoisotopic (exact) mass is 236 g/mol. The molecule has 6 heteroatoms. The highest BCUT2D eigenvalue weighted by Crippen LogP contribution is 2.41. The molecule has 2 heterocycles. The summed E-state index contributed by atoms with van der Waals surface area (Å²) in [6.07, 6.45) is 1.47. The number of hydrogen-bond donors (Lipinski definition) is 0. The van der Waals surface area contributed by atoms with E-state index in [0.717, 1.165) is 19.6 Å². The van der Waals surface area contributed by atoms with Gasteiger partial charge in [0.05, 0.1) is 33.0 Å². The minimum absolute atomic E-state index is 0.251. The average molecular weight is 236 g/mol. The van der Waals surface area contributed by atoms with Gasteiger partial charge >= 0.3 is 8.60 Å². The summed E-state index contributed by atoms with van der Waals surface area (Å²) < 4.78 is 26.5. The molecule has 0 amide bonds. The molecule has 0 spiro atoms. The Morgan fingerprint density at radius 2 is 1.60 bits per heavy atom. The molecule has 2 atom stereocenters. The van der Waals surface area contributed by atoms with E-state index in [1.807, 2.05) is 0 Å². The van der Waals surface area contributed by atoms with Crippen LogP contribution in [0, 0.1) is 0 Å². The SMILES string of the molecule is CCCOP(OCC1CO1)OCC1CO1. The lowest BCUT2D eigenvalue weighted by Gasteiger charge is -2.15. The van der Waals surface area contributed by atoms with Crippen LogP contribution in [0.15, 0.2) is 0 Å². The zero-order chi connectivity index (χ0) is 10.5. The molecule has 2 aliphatic heterocycles. The normalized spacial score (nSPS) is 30.2. The standard InChI is InChI=1S/C9H17O5P/c1-2-3-12-15(13-6-8-4-10-8)14-7-9-5-11-9/h8-9H,2-7H2,1H3. The van der Waals surface area contributed by atoms with E-state index >= 15 is 0 Å². The van der Waals surface area contributed by atoms with Crippen LogP contribution in [0.3, 0.4) is 0 Å². The maximum absolute atomic E-state index is 5.49. The molecule has 0 bridgehead atoms. The van der Waals surface area contributed by atoms with E-state index in [1.54, 1.807) is 0 Å². The van der Waals surface area contributed by atoms with Crippen molar-refractivity contribution in [2.24, 2.45) is 0 Å². The molecule has 0 aromatic rings. The van der Waals surface area contributed by atoms with Gasteiger partial charge in [0.25, 0.3) is 0 Å². The summed E-state index contributed by atoms with van der Waals surface area (Å²) in [5.41, 5.74) is 0. The Bertz CT molecular complexity index is 167. The van der Waals surface area contributed by atoms with E-state index in [-0.39, 0.29) is 12.2 Å². The first kappa shape index (κ1) is 11.7. The van der Waals surface area contributed by atoms with Crippen LogP contribution in [-0.4, -0.2) is 45.2 Å². The summed E-state index contributed by atoms with van der Waals surface area (Å²) in [7, 11) is -1.21. The summed E-state index contributed by atoms with van der Waals surface area (Å²) >= 11 is 0. The molecule has 2 rings (SSSR count). The largest absolute Gasteiger partial charge is 0.371 e. The van der Waals surface area contributed by atoms with E-state index in [1.165, 1.54) is 0 Å². The van der Waals surface area contributed by atoms with Gasteiger partial charge in [-0.2, -0.15) is 0 Å². The molecule has 5 nitrogen and oxygen atoms in total. The lowest BCUT2D eigenvalue weighted by Crippen LogP contribution is -2.05. The second-order valence-electron chi connectivity index (χ2n) is 3.56. The second kappa shape index (κ2) is 6.09. The first-order valence-electron chi connectivity index (χ1n) is 5.30. The Kier molecular flexibility index (Phi) is 4.75. The zero-order valence-corrected chi connectivity index (χ0v) is 9.78. The molecule has 0 aromatic heterocycles. The summed E-state index contributed by atoms with van der Waals surface area (Å²) in [6, 6.07) is 0. The van der Waals surface area contributed by atoms with Crippen molar-refractivity contribution < 1.29 is 23.0 Å². The van der Waals surface area contributed by atoms with Crippen molar-refractivity contribution in [2.45, 2.75) is 25.6 Å². The van der Waals surface area contributed by atoms with Crippen LogP contribution in [0.1, 0.15) is 13.3 Å². The molecule has 2 unspecified atom stereocenters. The molecule has 0 aliphatic carbocycles. The minimum atomic E-state index is -1.21. The van der Waals surface area contributed by atoms with Gasteiger partial charge in [0.2, 0.25) is 0 Å². The van der Waals surface area contributed by atoms with Gasteiger partial charge in [0.15, 0.2) is 0 Å². The summed E-state index contributed by atoms with van der Waals surface area (Å²) in [6.45, 7) is 5.46. The fraction of sp³-hybridized carbons (Fsp3) is 1.00. The maximum Gasteiger partial charge on any atom is 0.332 e. The number of hydrogen-bond acceptors (Lipinski definition) is 5. The van der Waals surface area contributed by atoms with E-state index in [2.05, 4.69) is 6.92 Å². The van der Waals surface area contributed by atoms with Gasteiger partial charge in [0, 0.05) is 0 Å². The molecule has 15 heavy (non-hydrogen) atoms. The topological polar surface area (TPSA) is 52.8 Å². The molecule has 2 fully saturated rings. The first-order valence-corrected chi connectivity index (χ1v) is 6.40. The van der Waals surface area contributed by atoms with Crippen molar-refractivity contribution in [3.05, 3.63) is 0 Å². The fourth-order valence-electron chi connectivity index (χ4n) is 0.894. The Balaban J connectivity index is 1.57. The highest BCUT2D eigenvalue weighted by Gasteiger charge is 2.28. The molecule has 2 aliphatic rings. The summed E-state index contributed by atoms with van der Waals surface area (Å²) in [5, 5.41) is 0. The van der Waals surface area contributed by atoms with Crippen LogP contribution in [0.4, 0.5) is 0 Å². The third kappa shape index (κ3) is 5.20. The van der Waals surface area contributed by atoms with E-state index < -0.39 is 8.60 Å². The summed E-state index contributed by atoms with van der Waals surface area (Å²) in [5.74, 6) is 0. The van der Waals surface area contributed by atoms with E-state index in [9.17, 15) is 0 Å². The lowest BCUT2D eigenvalue weighted by atomic mass is 10.5. The quantitative estimate of drug-likeness (QED) is 0.448. The van der Waals surface area contributed by atoms with Crippen molar-refractivity contribution >= 4 is 8.60 Å². The molecule has 0 aromatic carbocycles. The highest BCUT2D eigenvalue weighted by atomic mass is 31.2. The Morgan fingerprint density at radius 1 is 1.07 bits per heavy atom. The van der Waals surface area contributed by atoms with Crippen LogP contribution in [0.25, 0.3) is 0 Å². The highest BCUT2D eigenvalue weighted by molar-refractivity contribution is 7.41. The predicted molar refractivity (Wildman–Crippen MR) is 54.5 cm³/mol. The third-order valence-electron chi connectivity index (χ3n) is 1.94. The maximum atomic E-state index is 5.49. The zero-order valence-electron chi connectivity index (χ0n) is 8.89. The van der Waals surface area contributed by atoms with Crippen molar-refractivity contribution in [1.82, 2.24) is 0 Å². The lowest BCUT2D eigenvalue weighted by molar-refractivity contribution is 0.143. The summed E-state index contributed by atoms with van der Waals surface area (Å²) in [4.78, 5) is 0. The van der Waals surface area contributed by atoms with Crippen LogP contribution in [0.2, 0.25) is 0 Å². The molecule has 2 saturated heterocycles. The Morgan fingerprint density at radius 3 is 2.00 bits per heavy atom. The fourth-order valence-corrected chi connectivity index (χ4v) is 2.03. The Labute approximate surface area is 91.0 Å². The van der Waals surface area contributed by atoms with Gasteiger partial charge in [-0.05, 0) is 6.42 Å². The molecule has 88 valence electrons. The molecule has 0 saturated carbocycles. The van der Waals surface area contributed by atoms with Crippen molar-refractivity contribution in [3.8, 4) is 0 Å². The third-order valence-corrected chi connectivity index (χ3v) is 3.05. The van der Waals surface area contributed by atoms with Gasteiger partial charge in [0.1, 0.15) is 12.2 Å². The first-order chi connectivity index (χ1) is 7.38. The number of rotatable bonds is 9. The van der Waals surface area contributed by atoms with Crippen LogP contribution >= 0.6 is 8.60 Å². The van der Waals surface area contributed by atoms with E-state index in [4.69, 9.17) is 23.0 Å².